The van der Waals surface area contributed by atoms with Crippen molar-refractivity contribution in [1.82, 2.24) is 4.98 Å². The number of pyridine rings is 1. The molecule has 2 N–H and O–H groups in total. The van der Waals surface area contributed by atoms with E-state index in [9.17, 15) is 18.0 Å². The summed E-state index contributed by atoms with van der Waals surface area (Å²) in [5.74, 6) is -0.626. The first-order chi connectivity index (χ1) is 9.95. The zero-order valence-corrected chi connectivity index (χ0v) is 12.6. The highest BCUT2D eigenvalue weighted by atomic mass is 32.2. The van der Waals surface area contributed by atoms with E-state index in [2.05, 4.69) is 9.71 Å². The van der Waals surface area contributed by atoms with Gasteiger partial charge in [-0.2, -0.15) is 0 Å². The van der Waals surface area contributed by atoms with E-state index in [1.54, 1.807) is 12.3 Å². The molecule has 2 heterocycles. The third-order valence-electron chi connectivity index (χ3n) is 2.47. The van der Waals surface area contributed by atoms with Crippen molar-refractivity contribution in [3.05, 3.63) is 45.7 Å². The topological polar surface area (TPSA) is 105 Å². The van der Waals surface area contributed by atoms with Crippen LogP contribution in [0, 0.1) is 0 Å². The van der Waals surface area contributed by atoms with Gasteiger partial charge in [0.15, 0.2) is 4.90 Å². The predicted molar refractivity (Wildman–Crippen MR) is 78.1 cm³/mol. The molecule has 0 fully saturated rings. The fraction of sp³-hybridized carbons (Fsp3) is 0.167. The van der Waals surface area contributed by atoms with Gasteiger partial charge in [-0.3, -0.25) is 9.52 Å². The van der Waals surface area contributed by atoms with Crippen LogP contribution in [0.4, 0.5) is 5.00 Å². The minimum atomic E-state index is -4.08. The minimum absolute atomic E-state index is 0.108. The SMILES string of the molecule is CCOC(=O)c1ccsc1NS(=O)(=O)c1c[nH]ccc1=O. The van der Waals surface area contributed by atoms with E-state index in [0.29, 0.717) is 0 Å². The number of sulfonamides is 1. The summed E-state index contributed by atoms with van der Waals surface area (Å²) >= 11 is 1.03. The van der Waals surface area contributed by atoms with E-state index in [0.717, 1.165) is 23.6 Å². The van der Waals surface area contributed by atoms with Crippen LogP contribution < -0.4 is 10.2 Å². The number of carbonyl (C=O) groups excluding carboxylic acids is 1. The highest BCUT2D eigenvalue weighted by Gasteiger charge is 2.22. The zero-order chi connectivity index (χ0) is 15.5. The second-order valence-corrected chi connectivity index (χ2v) is 6.43. The number of hydrogen-bond acceptors (Lipinski definition) is 6. The quantitative estimate of drug-likeness (QED) is 0.807. The second kappa shape index (κ2) is 6.10. The largest absolute Gasteiger partial charge is 0.462 e. The molecule has 2 rings (SSSR count). The molecular weight excluding hydrogens is 316 g/mol. The Morgan fingerprint density at radius 2 is 2.19 bits per heavy atom. The van der Waals surface area contributed by atoms with Crippen LogP contribution in [0.25, 0.3) is 0 Å². The van der Waals surface area contributed by atoms with Gasteiger partial charge in [0.25, 0.3) is 10.0 Å². The van der Waals surface area contributed by atoms with Gasteiger partial charge in [0.05, 0.1) is 12.2 Å². The van der Waals surface area contributed by atoms with Crippen molar-refractivity contribution < 1.29 is 17.9 Å². The first-order valence-corrected chi connectivity index (χ1v) is 8.26. The molecule has 21 heavy (non-hydrogen) atoms. The molecule has 0 aromatic carbocycles. The Hall–Kier alpha value is -2.13. The van der Waals surface area contributed by atoms with Gasteiger partial charge in [-0.05, 0) is 18.4 Å². The van der Waals surface area contributed by atoms with Gasteiger partial charge in [-0.1, -0.05) is 0 Å². The van der Waals surface area contributed by atoms with Gasteiger partial charge in [-0.25, -0.2) is 13.2 Å². The summed E-state index contributed by atoms with van der Waals surface area (Å²) in [6.07, 6.45) is 2.42. The Morgan fingerprint density at radius 1 is 1.43 bits per heavy atom. The van der Waals surface area contributed by atoms with Crippen LogP contribution in [0.2, 0.25) is 0 Å². The standard InChI is InChI=1S/C12H12N2O5S2/c1-2-19-12(16)8-4-6-20-11(8)14-21(17,18)10-7-13-5-3-9(10)15/h3-7,14H,2H2,1H3,(H,13,15). The van der Waals surface area contributed by atoms with Crippen LogP contribution in [0.1, 0.15) is 17.3 Å². The van der Waals surface area contributed by atoms with Crippen LogP contribution in [-0.2, 0) is 14.8 Å². The maximum atomic E-state index is 12.2. The molecule has 0 amide bonds. The van der Waals surface area contributed by atoms with E-state index in [1.165, 1.54) is 12.3 Å². The summed E-state index contributed by atoms with van der Waals surface area (Å²) in [6, 6.07) is 2.56. The van der Waals surface area contributed by atoms with Gasteiger partial charge in [-0.15, -0.1) is 11.3 Å². The number of nitrogens with one attached hydrogen (secondary N) is 2. The van der Waals surface area contributed by atoms with Gasteiger partial charge in [0.1, 0.15) is 5.00 Å². The number of anilines is 1. The summed E-state index contributed by atoms with van der Waals surface area (Å²) in [5, 5.41) is 1.66. The number of rotatable bonds is 5. The molecule has 0 aliphatic rings. The molecule has 0 aliphatic carbocycles. The number of hydrogen-bond donors (Lipinski definition) is 2. The van der Waals surface area contributed by atoms with Crippen LogP contribution in [0.15, 0.2) is 39.6 Å². The number of carbonyl (C=O) groups is 1. The normalized spacial score (nSPS) is 11.1. The molecule has 0 aliphatic heterocycles. The molecule has 0 bridgehead atoms. The van der Waals surface area contributed by atoms with Gasteiger partial charge in [0, 0.05) is 18.5 Å². The fourth-order valence-corrected chi connectivity index (χ4v) is 3.71. The lowest BCUT2D eigenvalue weighted by Gasteiger charge is -2.07. The first-order valence-electron chi connectivity index (χ1n) is 5.90. The Bertz CT molecular complexity index is 807. The molecule has 2 aromatic rings. The van der Waals surface area contributed by atoms with Crippen molar-refractivity contribution in [3.8, 4) is 0 Å². The number of esters is 1. The molecular formula is C12H12N2O5S2. The van der Waals surface area contributed by atoms with Crippen LogP contribution >= 0.6 is 11.3 Å². The van der Waals surface area contributed by atoms with E-state index in [4.69, 9.17) is 4.74 Å². The average Bonchev–Trinajstić information content (AvgIpc) is 2.86. The monoisotopic (exact) mass is 328 g/mol. The van der Waals surface area contributed by atoms with E-state index in [-0.39, 0.29) is 17.2 Å². The number of H-pyrrole nitrogens is 1. The van der Waals surface area contributed by atoms with Gasteiger partial charge >= 0.3 is 5.97 Å². The number of aromatic nitrogens is 1. The molecule has 0 saturated heterocycles. The minimum Gasteiger partial charge on any atom is -0.462 e. The summed E-state index contributed by atoms with van der Waals surface area (Å²) in [6.45, 7) is 1.83. The van der Waals surface area contributed by atoms with Gasteiger partial charge < -0.3 is 9.72 Å². The molecule has 7 nitrogen and oxygen atoms in total. The first kappa shape index (κ1) is 15.3. The Kier molecular flexibility index (Phi) is 4.43. The van der Waals surface area contributed by atoms with Crippen molar-refractivity contribution >= 4 is 32.3 Å². The number of thiophene rings is 1. The summed E-state index contributed by atoms with van der Waals surface area (Å²) in [4.78, 5) is 25.4. The lowest BCUT2D eigenvalue weighted by molar-refractivity contribution is 0.0528. The lowest BCUT2D eigenvalue weighted by Crippen LogP contribution is -2.21. The van der Waals surface area contributed by atoms with Crippen LogP contribution in [0.5, 0.6) is 0 Å². The molecule has 0 spiro atoms. The third kappa shape index (κ3) is 3.31. The predicted octanol–water partition coefficient (Wildman–Crippen LogP) is 1.41. The molecule has 0 unspecified atom stereocenters. The van der Waals surface area contributed by atoms with Crippen LogP contribution in [-0.4, -0.2) is 26.0 Å². The molecule has 0 atom stereocenters. The highest BCUT2D eigenvalue weighted by molar-refractivity contribution is 7.93. The van der Waals surface area contributed by atoms with E-state index < -0.39 is 26.3 Å². The lowest BCUT2D eigenvalue weighted by atomic mass is 10.3. The number of aromatic amines is 1. The molecule has 0 radical (unpaired) electrons. The molecule has 9 heteroatoms. The Labute approximate surface area is 124 Å². The van der Waals surface area contributed by atoms with Gasteiger partial charge in [0.2, 0.25) is 5.43 Å². The maximum absolute atomic E-state index is 12.2. The van der Waals surface area contributed by atoms with E-state index >= 15 is 0 Å². The van der Waals surface area contributed by atoms with Crippen molar-refractivity contribution in [3.63, 3.8) is 0 Å². The van der Waals surface area contributed by atoms with Crippen molar-refractivity contribution in [2.24, 2.45) is 0 Å². The summed E-state index contributed by atoms with van der Waals surface area (Å²) < 4.78 is 31.4. The van der Waals surface area contributed by atoms with Crippen molar-refractivity contribution in [2.45, 2.75) is 11.8 Å². The Balaban J connectivity index is 2.35. The molecule has 112 valence electrons. The maximum Gasteiger partial charge on any atom is 0.341 e. The fourth-order valence-electron chi connectivity index (χ4n) is 1.55. The summed E-state index contributed by atoms with van der Waals surface area (Å²) in [7, 11) is -4.08. The number of ether oxygens (including phenoxy) is 1. The van der Waals surface area contributed by atoms with Crippen molar-refractivity contribution in [2.75, 3.05) is 11.3 Å². The highest BCUT2D eigenvalue weighted by Crippen LogP contribution is 2.26. The van der Waals surface area contributed by atoms with Crippen molar-refractivity contribution in [1.29, 1.82) is 0 Å². The van der Waals surface area contributed by atoms with E-state index in [1.807, 2.05) is 0 Å². The molecule has 2 aromatic heterocycles. The van der Waals surface area contributed by atoms with Crippen LogP contribution in [0.3, 0.4) is 0 Å². The molecule has 0 saturated carbocycles. The zero-order valence-electron chi connectivity index (χ0n) is 11.0. The third-order valence-corrected chi connectivity index (χ3v) is 4.80. The smallest absolute Gasteiger partial charge is 0.341 e. The average molecular weight is 328 g/mol. The summed E-state index contributed by atoms with van der Waals surface area (Å²) in [5.41, 5.74) is -0.534. The Morgan fingerprint density at radius 3 is 2.86 bits per heavy atom. The second-order valence-electron chi connectivity index (χ2n) is 3.86.